The van der Waals surface area contributed by atoms with Crippen LogP contribution in [0, 0.1) is 6.92 Å². The number of hydrogen-bond donors (Lipinski definition) is 3. The van der Waals surface area contributed by atoms with Gasteiger partial charge in [0.1, 0.15) is 0 Å². The summed E-state index contributed by atoms with van der Waals surface area (Å²) in [5.41, 5.74) is 2.12. The van der Waals surface area contributed by atoms with E-state index in [1.165, 1.54) is 12.1 Å². The standard InChI is InChI=1S/C16H19ClN2O3S/c1-12-4-2-3-5-16(12)19-23(21,22)15-8-6-13(7-9-15)18-11-14(20)10-17/h2-9,14,18-20H,10-11H2,1H3. The average Bonchev–Trinajstić information content (AvgIpc) is 2.55. The summed E-state index contributed by atoms with van der Waals surface area (Å²) < 4.78 is 27.4. The van der Waals surface area contributed by atoms with E-state index in [1.54, 1.807) is 24.3 Å². The summed E-state index contributed by atoms with van der Waals surface area (Å²) in [6.07, 6.45) is -0.650. The molecule has 0 aliphatic heterocycles. The van der Waals surface area contributed by atoms with E-state index in [-0.39, 0.29) is 10.8 Å². The molecule has 0 aliphatic carbocycles. The molecule has 0 radical (unpaired) electrons. The largest absolute Gasteiger partial charge is 0.390 e. The smallest absolute Gasteiger partial charge is 0.261 e. The molecule has 7 heteroatoms. The van der Waals surface area contributed by atoms with Gasteiger partial charge in [0.25, 0.3) is 10.0 Å². The zero-order valence-electron chi connectivity index (χ0n) is 12.7. The third-order valence-corrected chi connectivity index (χ3v) is 5.01. The minimum absolute atomic E-state index is 0.139. The Labute approximate surface area is 141 Å². The van der Waals surface area contributed by atoms with Crippen molar-refractivity contribution in [2.75, 3.05) is 22.5 Å². The molecule has 23 heavy (non-hydrogen) atoms. The molecule has 1 atom stereocenters. The molecule has 1 unspecified atom stereocenters. The van der Waals surface area contributed by atoms with Crippen molar-refractivity contribution in [1.82, 2.24) is 0 Å². The van der Waals surface area contributed by atoms with Gasteiger partial charge in [-0.25, -0.2) is 8.42 Å². The molecular weight excluding hydrogens is 336 g/mol. The second-order valence-electron chi connectivity index (χ2n) is 5.13. The predicted octanol–water partition coefficient (Wildman–Crippen LogP) is 2.81. The lowest BCUT2D eigenvalue weighted by molar-refractivity contribution is 0.211. The van der Waals surface area contributed by atoms with Crippen molar-refractivity contribution >= 4 is 33.0 Å². The van der Waals surface area contributed by atoms with E-state index < -0.39 is 16.1 Å². The topological polar surface area (TPSA) is 78.4 Å². The summed E-state index contributed by atoms with van der Waals surface area (Å²) in [5, 5.41) is 12.4. The van der Waals surface area contributed by atoms with E-state index in [0.717, 1.165) is 5.56 Å². The molecule has 0 saturated carbocycles. The maximum atomic E-state index is 12.4. The molecule has 2 rings (SSSR count). The van der Waals surface area contributed by atoms with Crippen LogP contribution in [0.15, 0.2) is 53.4 Å². The van der Waals surface area contributed by atoms with E-state index >= 15 is 0 Å². The van der Waals surface area contributed by atoms with Crippen LogP contribution >= 0.6 is 11.6 Å². The Kier molecular flexibility index (Phi) is 5.87. The third kappa shape index (κ3) is 4.86. The number of alkyl halides is 1. The lowest BCUT2D eigenvalue weighted by Crippen LogP contribution is -2.20. The van der Waals surface area contributed by atoms with Crippen LogP contribution in [0.5, 0.6) is 0 Å². The Bertz CT molecular complexity index is 748. The lowest BCUT2D eigenvalue weighted by Gasteiger charge is -2.12. The molecule has 0 aromatic heterocycles. The average molecular weight is 355 g/mol. The Hall–Kier alpha value is -1.76. The van der Waals surface area contributed by atoms with Crippen molar-refractivity contribution in [3.63, 3.8) is 0 Å². The maximum absolute atomic E-state index is 12.4. The summed E-state index contributed by atoms with van der Waals surface area (Å²) in [5.74, 6) is 0.139. The van der Waals surface area contributed by atoms with Gasteiger partial charge < -0.3 is 10.4 Å². The van der Waals surface area contributed by atoms with Gasteiger partial charge in [-0.15, -0.1) is 11.6 Å². The van der Waals surface area contributed by atoms with Crippen LogP contribution in [-0.2, 0) is 10.0 Å². The van der Waals surface area contributed by atoms with Crippen LogP contribution in [-0.4, -0.2) is 32.1 Å². The Morgan fingerprint density at radius 1 is 1.13 bits per heavy atom. The fourth-order valence-electron chi connectivity index (χ4n) is 1.93. The van der Waals surface area contributed by atoms with E-state index in [1.807, 2.05) is 19.1 Å². The van der Waals surface area contributed by atoms with Crippen molar-refractivity contribution in [3.05, 3.63) is 54.1 Å². The van der Waals surface area contributed by atoms with Gasteiger partial charge in [0.2, 0.25) is 0 Å². The van der Waals surface area contributed by atoms with Crippen molar-refractivity contribution in [3.8, 4) is 0 Å². The van der Waals surface area contributed by atoms with E-state index in [0.29, 0.717) is 17.9 Å². The van der Waals surface area contributed by atoms with Gasteiger partial charge in [0.05, 0.1) is 22.6 Å². The highest BCUT2D eigenvalue weighted by Gasteiger charge is 2.15. The SMILES string of the molecule is Cc1ccccc1NS(=O)(=O)c1ccc(NCC(O)CCl)cc1. The van der Waals surface area contributed by atoms with E-state index in [9.17, 15) is 13.5 Å². The number of para-hydroxylation sites is 1. The Morgan fingerprint density at radius 3 is 2.39 bits per heavy atom. The predicted molar refractivity (Wildman–Crippen MR) is 93.6 cm³/mol. The maximum Gasteiger partial charge on any atom is 0.261 e. The van der Waals surface area contributed by atoms with Crippen LogP contribution in [0.4, 0.5) is 11.4 Å². The zero-order chi connectivity index (χ0) is 16.9. The molecule has 2 aromatic carbocycles. The van der Waals surface area contributed by atoms with Crippen LogP contribution in [0.25, 0.3) is 0 Å². The third-order valence-electron chi connectivity index (χ3n) is 3.27. The normalized spacial score (nSPS) is 12.7. The molecule has 2 aromatic rings. The second kappa shape index (κ2) is 7.68. The number of aryl methyl sites for hydroxylation is 1. The number of nitrogens with one attached hydrogen (secondary N) is 2. The van der Waals surface area contributed by atoms with Crippen molar-refractivity contribution in [1.29, 1.82) is 0 Å². The number of rotatable bonds is 7. The number of aliphatic hydroxyl groups is 1. The molecule has 0 amide bonds. The fourth-order valence-corrected chi connectivity index (χ4v) is 3.17. The van der Waals surface area contributed by atoms with Gasteiger partial charge in [-0.2, -0.15) is 0 Å². The zero-order valence-corrected chi connectivity index (χ0v) is 14.2. The van der Waals surface area contributed by atoms with Crippen LogP contribution in [0.2, 0.25) is 0 Å². The van der Waals surface area contributed by atoms with Gasteiger partial charge in [0.15, 0.2) is 0 Å². The molecule has 3 N–H and O–H groups in total. The minimum atomic E-state index is -3.64. The summed E-state index contributed by atoms with van der Waals surface area (Å²) in [6, 6.07) is 13.5. The van der Waals surface area contributed by atoms with Gasteiger partial charge in [-0.05, 0) is 42.8 Å². The highest BCUT2D eigenvalue weighted by atomic mass is 35.5. The Morgan fingerprint density at radius 2 is 1.78 bits per heavy atom. The summed E-state index contributed by atoms with van der Waals surface area (Å²) >= 11 is 5.52. The summed E-state index contributed by atoms with van der Waals surface area (Å²) in [4.78, 5) is 0.171. The van der Waals surface area contributed by atoms with Crippen molar-refractivity contribution < 1.29 is 13.5 Å². The molecule has 0 fully saturated rings. The number of hydrogen-bond acceptors (Lipinski definition) is 4. The first kappa shape index (κ1) is 17.6. The molecule has 0 spiro atoms. The highest BCUT2D eigenvalue weighted by Crippen LogP contribution is 2.20. The highest BCUT2D eigenvalue weighted by molar-refractivity contribution is 7.92. The molecule has 0 aliphatic rings. The van der Waals surface area contributed by atoms with E-state index in [4.69, 9.17) is 11.6 Å². The number of halogens is 1. The fraction of sp³-hybridized carbons (Fsp3) is 0.250. The molecule has 0 heterocycles. The molecule has 0 bridgehead atoms. The lowest BCUT2D eigenvalue weighted by atomic mass is 10.2. The number of benzene rings is 2. The van der Waals surface area contributed by atoms with E-state index in [2.05, 4.69) is 10.0 Å². The van der Waals surface area contributed by atoms with Crippen molar-refractivity contribution in [2.45, 2.75) is 17.9 Å². The van der Waals surface area contributed by atoms with Crippen LogP contribution in [0.3, 0.4) is 0 Å². The summed E-state index contributed by atoms with van der Waals surface area (Å²) in [6.45, 7) is 2.14. The number of sulfonamides is 1. The first-order valence-electron chi connectivity index (χ1n) is 7.09. The van der Waals surface area contributed by atoms with Gasteiger partial charge >= 0.3 is 0 Å². The van der Waals surface area contributed by atoms with Crippen LogP contribution < -0.4 is 10.0 Å². The monoisotopic (exact) mass is 354 g/mol. The minimum Gasteiger partial charge on any atom is -0.390 e. The van der Waals surface area contributed by atoms with Crippen molar-refractivity contribution in [2.24, 2.45) is 0 Å². The van der Waals surface area contributed by atoms with Gasteiger partial charge in [0, 0.05) is 12.2 Å². The molecular formula is C16H19ClN2O3S. The first-order chi connectivity index (χ1) is 10.9. The molecule has 124 valence electrons. The molecule has 0 saturated heterocycles. The Balaban J connectivity index is 2.10. The second-order valence-corrected chi connectivity index (χ2v) is 7.12. The summed E-state index contributed by atoms with van der Waals surface area (Å²) in [7, 11) is -3.64. The quantitative estimate of drug-likeness (QED) is 0.668. The van der Waals surface area contributed by atoms with Gasteiger partial charge in [-0.3, -0.25) is 4.72 Å². The first-order valence-corrected chi connectivity index (χ1v) is 9.10. The van der Waals surface area contributed by atoms with Crippen LogP contribution in [0.1, 0.15) is 5.56 Å². The molecule has 5 nitrogen and oxygen atoms in total. The number of aliphatic hydroxyl groups excluding tert-OH is 1. The van der Waals surface area contributed by atoms with Gasteiger partial charge in [-0.1, -0.05) is 18.2 Å². The number of anilines is 2.